The molecule has 4 aliphatic heterocycles. The summed E-state index contributed by atoms with van der Waals surface area (Å²) in [6, 6.07) is 27.0. The lowest BCUT2D eigenvalue weighted by Crippen LogP contribution is -2.14. The van der Waals surface area contributed by atoms with Crippen molar-refractivity contribution in [1.29, 1.82) is 0 Å². The first-order valence-corrected chi connectivity index (χ1v) is 42.9. The zero-order valence-corrected chi connectivity index (χ0v) is 62.8. The average molecular weight is 1410 g/mol. The number of hydrogen-bond donors (Lipinski definition) is 0. The number of carbonyl (C=O) groups excluding carboxylic acids is 4. The molecule has 2 aromatic carbocycles. The van der Waals surface area contributed by atoms with E-state index in [0.717, 1.165) is 108 Å². The largest absolute Gasteiger partial charge is 0.281 e. The minimum atomic E-state index is 0.0859. The maximum Gasteiger partial charge on any atom is 0.226 e. The van der Waals surface area contributed by atoms with E-state index in [1.54, 1.807) is 22.7 Å². The molecule has 0 bridgehead atoms. The molecule has 2 atom stereocenters. The van der Waals surface area contributed by atoms with E-state index in [0.29, 0.717) is 11.8 Å². The Labute approximate surface area is 587 Å². The van der Waals surface area contributed by atoms with Crippen molar-refractivity contribution in [3.8, 4) is 19.5 Å². The number of thiophene rings is 6. The van der Waals surface area contributed by atoms with Crippen LogP contribution in [0.1, 0.15) is 261 Å². The maximum atomic E-state index is 14.4. The van der Waals surface area contributed by atoms with Crippen LogP contribution in [0.2, 0.25) is 0 Å². The molecular weight excluding hydrogens is 1320 g/mol. The normalized spacial score (nSPS) is 15.2. The number of hydrogen-bond acceptors (Lipinski definition) is 14. The van der Waals surface area contributed by atoms with Crippen LogP contribution in [0.5, 0.6) is 0 Å². The molecule has 0 spiro atoms. The third kappa shape index (κ3) is 15.1. The van der Waals surface area contributed by atoms with E-state index in [2.05, 4.69) is 114 Å². The third-order valence-electron chi connectivity index (χ3n) is 18.9. The molecule has 0 amide bonds. The molecule has 0 N–H and O–H groups in total. The summed E-state index contributed by atoms with van der Waals surface area (Å²) < 4.78 is 2.52. The van der Waals surface area contributed by atoms with Crippen molar-refractivity contribution in [2.75, 3.05) is 0 Å². The third-order valence-corrected chi connectivity index (χ3v) is 30.3. The van der Waals surface area contributed by atoms with Gasteiger partial charge in [0, 0.05) is 98.6 Å². The molecule has 0 saturated carbocycles. The Morgan fingerprint density at radius 1 is 0.293 bits per heavy atom. The number of benzene rings is 2. The van der Waals surface area contributed by atoms with Gasteiger partial charge in [0.2, 0.25) is 20.5 Å². The van der Waals surface area contributed by atoms with Crippen molar-refractivity contribution < 1.29 is 19.2 Å². The number of unbranched alkanes of at least 4 members (excludes halogenated alkanes) is 16. The molecule has 484 valence electrons. The van der Waals surface area contributed by atoms with Gasteiger partial charge in [0.25, 0.3) is 0 Å². The first kappa shape index (κ1) is 68.4. The molecule has 4 nitrogen and oxygen atoms in total. The van der Waals surface area contributed by atoms with E-state index in [1.807, 2.05) is 45.3 Å². The molecule has 0 fully saturated rings. The van der Waals surface area contributed by atoms with Crippen LogP contribution in [0.25, 0.3) is 51.2 Å². The molecule has 2 unspecified atom stereocenters. The van der Waals surface area contributed by atoms with Crippen LogP contribution >= 0.6 is 115 Å². The van der Waals surface area contributed by atoms with Crippen LogP contribution in [-0.4, -0.2) is 20.5 Å². The second-order valence-corrected chi connectivity index (χ2v) is 36.3. The van der Waals surface area contributed by atoms with Gasteiger partial charge >= 0.3 is 0 Å². The summed E-state index contributed by atoms with van der Waals surface area (Å²) >= 11 is 16.2. The summed E-state index contributed by atoms with van der Waals surface area (Å²) in [7, 11) is 0. The highest BCUT2D eigenvalue weighted by Crippen LogP contribution is 2.50. The summed E-state index contributed by atoms with van der Waals surface area (Å²) in [6.07, 6.45) is 33.7. The summed E-state index contributed by atoms with van der Waals surface area (Å²) in [4.78, 5) is 72.8. The van der Waals surface area contributed by atoms with Gasteiger partial charge in [-0.2, -0.15) is 0 Å². The molecule has 4 aliphatic rings. The molecule has 12 rings (SSSR count). The highest BCUT2D eigenvalue weighted by molar-refractivity contribution is 8.16. The molecule has 14 heteroatoms. The van der Waals surface area contributed by atoms with Crippen molar-refractivity contribution in [3.63, 3.8) is 0 Å². The predicted molar refractivity (Wildman–Crippen MR) is 407 cm³/mol. The van der Waals surface area contributed by atoms with Crippen LogP contribution in [-0.2, 0) is 32.0 Å². The van der Waals surface area contributed by atoms with Gasteiger partial charge in [0.15, 0.2) is 0 Å². The second kappa shape index (κ2) is 32.2. The fourth-order valence-electron chi connectivity index (χ4n) is 13.8. The molecule has 10 heterocycles. The highest BCUT2D eigenvalue weighted by Gasteiger charge is 2.34. The lowest BCUT2D eigenvalue weighted by molar-refractivity contribution is -0.106. The van der Waals surface area contributed by atoms with Crippen molar-refractivity contribution in [3.05, 3.63) is 134 Å². The maximum absolute atomic E-state index is 14.4. The van der Waals surface area contributed by atoms with Gasteiger partial charge in [-0.1, -0.05) is 170 Å². The van der Waals surface area contributed by atoms with Gasteiger partial charge < -0.3 is 0 Å². The van der Waals surface area contributed by atoms with Gasteiger partial charge in [-0.3, -0.25) is 19.2 Å². The Bertz CT molecular complexity index is 3980. The molecule has 8 aromatic rings. The van der Waals surface area contributed by atoms with E-state index < -0.39 is 0 Å². The first-order chi connectivity index (χ1) is 45.0. The number of carbonyl (C=O) groups is 4. The molecular formula is C78H88O4S10. The zero-order chi connectivity index (χ0) is 63.8. The van der Waals surface area contributed by atoms with Crippen molar-refractivity contribution in [2.24, 2.45) is 0 Å². The average Bonchev–Trinajstić information content (AvgIpc) is 1.64. The van der Waals surface area contributed by atoms with Gasteiger partial charge in [-0.25, -0.2) is 0 Å². The van der Waals surface area contributed by atoms with Crippen molar-refractivity contribution in [1.82, 2.24) is 0 Å². The Kier molecular flexibility index (Phi) is 24.0. The van der Waals surface area contributed by atoms with Gasteiger partial charge in [-0.15, -0.1) is 68.0 Å². The minimum Gasteiger partial charge on any atom is -0.281 e. The molecule has 0 saturated heterocycles. The lowest BCUT2D eigenvalue weighted by Gasteiger charge is -2.15. The summed E-state index contributed by atoms with van der Waals surface area (Å²) in [6.45, 7) is 13.6. The number of rotatable bonds is 36. The van der Waals surface area contributed by atoms with E-state index in [1.165, 1.54) is 251 Å². The van der Waals surface area contributed by atoms with Crippen LogP contribution in [0.3, 0.4) is 0 Å². The summed E-state index contributed by atoms with van der Waals surface area (Å²) in [5, 5.41) is 4.25. The molecule has 0 radical (unpaired) electrons. The number of fused-ring (bicyclic) bond motifs is 5. The number of aryl methyl sites for hydroxylation is 2. The van der Waals surface area contributed by atoms with Gasteiger partial charge in [-0.05, 0) is 194 Å². The second-order valence-electron chi connectivity index (χ2n) is 25.7. The highest BCUT2D eigenvalue weighted by atomic mass is 32.2. The molecule has 0 aliphatic carbocycles. The van der Waals surface area contributed by atoms with Crippen LogP contribution < -0.4 is 20.9 Å². The first-order valence-electron chi connectivity index (χ1n) is 34.7. The summed E-state index contributed by atoms with van der Waals surface area (Å²) in [5.41, 5.74) is 5.79. The topological polar surface area (TPSA) is 68.3 Å². The van der Waals surface area contributed by atoms with Gasteiger partial charge in [0.05, 0.1) is 22.3 Å². The van der Waals surface area contributed by atoms with E-state index in [4.69, 9.17) is 0 Å². The van der Waals surface area contributed by atoms with Crippen LogP contribution in [0, 0.1) is 0 Å². The monoisotopic (exact) mass is 1410 g/mol. The quantitative estimate of drug-likeness (QED) is 0.0360. The Morgan fingerprint density at radius 2 is 0.609 bits per heavy atom. The Morgan fingerprint density at radius 3 is 0.957 bits per heavy atom. The van der Waals surface area contributed by atoms with Crippen LogP contribution in [0.4, 0.5) is 0 Å². The van der Waals surface area contributed by atoms with E-state index in [9.17, 15) is 19.2 Å². The smallest absolute Gasteiger partial charge is 0.226 e. The summed E-state index contributed by atoms with van der Waals surface area (Å²) in [5.74, 6) is 1.07. The minimum absolute atomic E-state index is 0.0859. The van der Waals surface area contributed by atoms with Crippen LogP contribution in [0.15, 0.2) is 92.4 Å². The van der Waals surface area contributed by atoms with Gasteiger partial charge in [0.1, 0.15) is 0 Å². The fourth-order valence-corrected chi connectivity index (χ4v) is 25.6. The van der Waals surface area contributed by atoms with E-state index in [-0.39, 0.29) is 20.5 Å². The Hall–Kier alpha value is -3.54. The zero-order valence-electron chi connectivity index (χ0n) is 54.6. The fraction of sp³-hybridized carbons (Fsp3) is 0.462. The van der Waals surface area contributed by atoms with E-state index >= 15 is 0 Å². The standard InChI is InChI=1S/C78H88O4S10/c1-7-13-19-23-27-31-47(29-17-11-5)55-35-37-57(83-55)69-51-41-61-53(43-59(51)89-75(69)79)71(77(81)91-61)65-39-49(33-25-21-15-9-3)73(87-65)67-45-63-64(85-67)46-68(86-63)74-50(34-26-22-16-10-4)40-66(88-74)72-54-44-60-52(42-62(54)92-78(72)82)70(76(80)90-60)58-38-36-56(84-58)48(30-18-12-6)32-28-24-20-14-8-2/h35-48H,7-34H2,1-6H3. The predicted octanol–water partition coefficient (Wildman–Crippen LogP) is 23.4. The van der Waals surface area contributed by atoms with Crippen molar-refractivity contribution >= 4 is 167 Å². The lowest BCUT2D eigenvalue weighted by atomic mass is 9.93. The number of thioether (sulfide) groups is 4. The SMILES string of the molecule is CCCCCCCC(CCCC)c1ccc(C2=c3cc4c(cc3SC2=O)=C(c2cc(CCCCCC)c(-c3cc5sc(-c6sc(C7=c8cc9c(cc8SC7=O)=C(c7ccc(C(CCCC)CCCCCCC)s7)C(=O)S9)cc6CCCCCC)cc5s3)s2)C(=O)S4)s1. The Balaban J connectivity index is 0.849. The van der Waals surface area contributed by atoms with Crippen molar-refractivity contribution in [2.45, 2.75) is 253 Å². The molecule has 6 aromatic heterocycles. The molecule has 92 heavy (non-hydrogen) atoms.